The number of hydrogen-bond acceptors (Lipinski definition) is 6. The number of nitrogens with zero attached hydrogens (tertiary/aromatic N) is 1. The highest BCUT2D eigenvalue weighted by atomic mass is 16.7. The molecule has 246 valence electrons. The molecular formula is C42H43NO5. The third-order valence-corrected chi connectivity index (χ3v) is 9.48. The molecule has 5 aromatic carbocycles. The van der Waals surface area contributed by atoms with Crippen molar-refractivity contribution in [3.63, 3.8) is 0 Å². The monoisotopic (exact) mass is 641 g/mol. The van der Waals surface area contributed by atoms with Gasteiger partial charge >= 0.3 is 0 Å². The van der Waals surface area contributed by atoms with Crippen molar-refractivity contribution in [1.29, 1.82) is 0 Å². The zero-order valence-electron chi connectivity index (χ0n) is 27.2. The Morgan fingerprint density at radius 1 is 0.500 bits per heavy atom. The summed E-state index contributed by atoms with van der Waals surface area (Å²) in [6.45, 7) is 3.23. The SMILES string of the molecule is c1ccc(COC[C@@]23[C@@H](CON2Cc2ccccc2)[C@H](OCc2ccccc2)[C@@H](OCc2ccccc2)[C@@H]3OCc2ccccc2)cc1. The van der Waals surface area contributed by atoms with E-state index < -0.39 is 11.6 Å². The van der Waals surface area contributed by atoms with Crippen LogP contribution < -0.4 is 0 Å². The van der Waals surface area contributed by atoms with E-state index in [2.05, 4.69) is 77.9 Å². The van der Waals surface area contributed by atoms with E-state index in [1.165, 1.54) is 0 Å². The molecule has 1 saturated carbocycles. The molecule has 0 radical (unpaired) electrons. The zero-order valence-corrected chi connectivity index (χ0v) is 27.2. The smallest absolute Gasteiger partial charge is 0.113 e. The zero-order chi connectivity index (χ0) is 32.4. The minimum Gasteiger partial charge on any atom is -0.375 e. The van der Waals surface area contributed by atoms with E-state index in [9.17, 15) is 0 Å². The first kappa shape index (κ1) is 32.4. The van der Waals surface area contributed by atoms with Gasteiger partial charge in [0, 0.05) is 12.5 Å². The van der Waals surface area contributed by atoms with Gasteiger partial charge < -0.3 is 18.9 Å². The van der Waals surface area contributed by atoms with E-state index in [0.29, 0.717) is 46.2 Å². The second-order valence-corrected chi connectivity index (χ2v) is 12.6. The van der Waals surface area contributed by atoms with Crippen molar-refractivity contribution in [2.45, 2.75) is 56.8 Å². The fraction of sp³-hybridized carbons (Fsp3) is 0.286. The maximum atomic E-state index is 7.05. The standard InChI is InChI=1S/C42H43NO5/c1-6-16-33(17-7-1)26-43-42(32-44-27-34-18-8-2-9-19-34)38(31-48-43)39(45-28-35-20-10-3-11-21-35)40(46-29-36-22-12-4-13-23-36)41(42)47-30-37-24-14-5-15-25-37/h1-25,38-41H,26-32H2/t38-,39-,40+,41-,42-/m0/s1. The molecule has 0 unspecified atom stereocenters. The molecule has 7 rings (SSSR count). The third kappa shape index (κ3) is 7.45. The van der Waals surface area contributed by atoms with Crippen LogP contribution in [0.25, 0.3) is 0 Å². The van der Waals surface area contributed by atoms with E-state index in [1.54, 1.807) is 0 Å². The van der Waals surface area contributed by atoms with Crippen LogP contribution in [0.3, 0.4) is 0 Å². The number of benzene rings is 5. The van der Waals surface area contributed by atoms with Crippen LogP contribution in [0.1, 0.15) is 27.8 Å². The predicted octanol–water partition coefficient (Wildman–Crippen LogP) is 7.78. The van der Waals surface area contributed by atoms with Crippen molar-refractivity contribution in [3.05, 3.63) is 179 Å². The molecule has 0 N–H and O–H groups in total. The first-order valence-electron chi connectivity index (χ1n) is 16.8. The Balaban J connectivity index is 1.27. The molecule has 2 aliphatic rings. The molecule has 6 nitrogen and oxygen atoms in total. The molecule has 0 spiro atoms. The molecule has 6 heteroatoms. The van der Waals surface area contributed by atoms with E-state index in [4.69, 9.17) is 23.8 Å². The lowest BCUT2D eigenvalue weighted by Gasteiger charge is -2.41. The maximum Gasteiger partial charge on any atom is 0.113 e. The quantitative estimate of drug-likeness (QED) is 0.116. The van der Waals surface area contributed by atoms with Crippen LogP contribution in [-0.2, 0) is 56.8 Å². The van der Waals surface area contributed by atoms with Gasteiger partial charge in [-0.15, -0.1) is 0 Å². The Morgan fingerprint density at radius 2 is 0.917 bits per heavy atom. The first-order valence-corrected chi connectivity index (χ1v) is 16.8. The van der Waals surface area contributed by atoms with Crippen LogP contribution in [0.4, 0.5) is 0 Å². The molecule has 5 atom stereocenters. The van der Waals surface area contributed by atoms with Gasteiger partial charge in [-0.05, 0) is 27.8 Å². The minimum atomic E-state index is -0.692. The van der Waals surface area contributed by atoms with Gasteiger partial charge in [0.2, 0.25) is 0 Å². The lowest BCUT2D eigenvalue weighted by molar-refractivity contribution is -0.236. The molecule has 1 heterocycles. The summed E-state index contributed by atoms with van der Waals surface area (Å²) >= 11 is 0. The van der Waals surface area contributed by atoms with E-state index in [0.717, 1.165) is 27.8 Å². The van der Waals surface area contributed by atoms with Crippen LogP contribution in [-0.4, -0.2) is 42.1 Å². The predicted molar refractivity (Wildman–Crippen MR) is 185 cm³/mol. The van der Waals surface area contributed by atoms with Crippen LogP contribution in [0.15, 0.2) is 152 Å². The van der Waals surface area contributed by atoms with Crippen LogP contribution in [0.2, 0.25) is 0 Å². The van der Waals surface area contributed by atoms with Gasteiger partial charge in [-0.1, -0.05) is 152 Å². The molecule has 0 aromatic heterocycles. The van der Waals surface area contributed by atoms with E-state index >= 15 is 0 Å². The van der Waals surface area contributed by atoms with Gasteiger partial charge in [0.1, 0.15) is 17.7 Å². The van der Waals surface area contributed by atoms with Crippen molar-refractivity contribution >= 4 is 0 Å². The van der Waals surface area contributed by atoms with E-state index in [1.807, 2.05) is 78.9 Å². The number of hydrogen-bond donors (Lipinski definition) is 0. The highest BCUT2D eigenvalue weighted by Crippen LogP contribution is 2.51. The maximum absolute atomic E-state index is 7.05. The number of fused-ring (bicyclic) bond motifs is 1. The van der Waals surface area contributed by atoms with Crippen LogP contribution in [0.5, 0.6) is 0 Å². The second kappa shape index (κ2) is 15.8. The lowest BCUT2D eigenvalue weighted by Crippen LogP contribution is -2.58. The van der Waals surface area contributed by atoms with Gasteiger partial charge in [-0.25, -0.2) is 0 Å². The van der Waals surface area contributed by atoms with Crippen LogP contribution in [0, 0.1) is 5.92 Å². The Bertz CT molecular complexity index is 1660. The normalized spacial score (nSPS) is 23.7. The molecule has 0 amide bonds. The Hall–Kier alpha value is -4.14. The summed E-state index contributed by atoms with van der Waals surface area (Å²) in [5.74, 6) is -0.0813. The minimum absolute atomic E-state index is 0.0813. The molecule has 48 heavy (non-hydrogen) atoms. The van der Waals surface area contributed by atoms with Gasteiger partial charge in [0.05, 0.1) is 45.7 Å². The van der Waals surface area contributed by atoms with Gasteiger partial charge in [0.15, 0.2) is 0 Å². The number of hydroxylamine groups is 2. The van der Waals surface area contributed by atoms with Crippen molar-refractivity contribution < 1.29 is 23.8 Å². The molecular weight excluding hydrogens is 598 g/mol. The summed E-state index contributed by atoms with van der Waals surface area (Å²) in [5, 5.41) is 2.11. The topological polar surface area (TPSA) is 49.4 Å². The van der Waals surface area contributed by atoms with Crippen molar-refractivity contribution in [1.82, 2.24) is 5.06 Å². The third-order valence-electron chi connectivity index (χ3n) is 9.48. The summed E-state index contributed by atoms with van der Waals surface area (Å²) in [6, 6.07) is 51.7. The summed E-state index contributed by atoms with van der Waals surface area (Å²) in [6.07, 6.45) is -1.12. The van der Waals surface area contributed by atoms with Gasteiger partial charge in [-0.2, -0.15) is 5.06 Å². The lowest BCUT2D eigenvalue weighted by atomic mass is 9.86. The number of ether oxygens (including phenoxy) is 4. The van der Waals surface area contributed by atoms with Crippen LogP contribution >= 0.6 is 0 Å². The summed E-state index contributed by atoms with van der Waals surface area (Å²) < 4.78 is 27.6. The Kier molecular flexibility index (Phi) is 10.7. The molecule has 5 aromatic rings. The highest BCUT2D eigenvalue weighted by Gasteiger charge is 2.69. The number of rotatable bonds is 15. The second-order valence-electron chi connectivity index (χ2n) is 12.6. The summed E-state index contributed by atoms with van der Waals surface area (Å²) in [4.78, 5) is 6.64. The average Bonchev–Trinajstić information content (AvgIpc) is 3.62. The summed E-state index contributed by atoms with van der Waals surface area (Å²) in [5.41, 5.74) is 4.88. The first-order chi connectivity index (χ1) is 23.8. The largest absolute Gasteiger partial charge is 0.375 e. The highest BCUT2D eigenvalue weighted by molar-refractivity contribution is 5.23. The fourth-order valence-electron chi connectivity index (χ4n) is 7.07. The van der Waals surface area contributed by atoms with E-state index in [-0.39, 0.29) is 18.1 Å². The van der Waals surface area contributed by atoms with Gasteiger partial charge in [-0.3, -0.25) is 4.84 Å². The van der Waals surface area contributed by atoms with Crippen molar-refractivity contribution in [2.24, 2.45) is 5.92 Å². The molecule has 0 bridgehead atoms. The molecule has 1 saturated heterocycles. The molecule has 1 aliphatic heterocycles. The Morgan fingerprint density at radius 3 is 1.42 bits per heavy atom. The molecule has 2 fully saturated rings. The van der Waals surface area contributed by atoms with Crippen molar-refractivity contribution in [2.75, 3.05) is 13.2 Å². The molecule has 1 aliphatic carbocycles. The van der Waals surface area contributed by atoms with Gasteiger partial charge in [0.25, 0.3) is 0 Å². The van der Waals surface area contributed by atoms with Crippen molar-refractivity contribution in [3.8, 4) is 0 Å². The average molecular weight is 642 g/mol. The fourth-order valence-corrected chi connectivity index (χ4v) is 7.07. The Labute approximate surface area is 283 Å². The summed E-state index contributed by atoms with van der Waals surface area (Å²) in [7, 11) is 0.